The molecule has 3 rings (SSSR count). The van der Waals surface area contributed by atoms with Crippen LogP contribution in [0.4, 0.5) is 11.8 Å². The largest absolute Gasteiger partial charge is 0.341 e. The molecule has 1 amide bonds. The molecule has 3 heterocycles. The van der Waals surface area contributed by atoms with Crippen molar-refractivity contribution < 1.29 is 4.79 Å². The maximum Gasteiger partial charge on any atom is 0.228 e. The van der Waals surface area contributed by atoms with Crippen LogP contribution in [-0.4, -0.2) is 35.5 Å². The van der Waals surface area contributed by atoms with E-state index in [1.54, 1.807) is 11.1 Å². The second-order valence-corrected chi connectivity index (χ2v) is 5.27. The third-order valence-electron chi connectivity index (χ3n) is 3.87. The van der Waals surface area contributed by atoms with Gasteiger partial charge in [0.15, 0.2) is 0 Å². The number of carbonyl (C=O) groups excluding carboxylic acids is 1. The second kappa shape index (κ2) is 5.55. The maximum absolute atomic E-state index is 11.9. The Morgan fingerprint density at radius 2 is 1.79 bits per heavy atom. The molecule has 0 aliphatic carbocycles. The van der Waals surface area contributed by atoms with Crippen LogP contribution >= 0.6 is 0 Å². The van der Waals surface area contributed by atoms with Gasteiger partial charge in [-0.25, -0.2) is 4.98 Å². The van der Waals surface area contributed by atoms with Gasteiger partial charge < -0.3 is 4.90 Å². The number of rotatable bonds is 2. The topological polar surface area (TPSA) is 49.3 Å². The molecule has 0 radical (unpaired) electrons. The van der Waals surface area contributed by atoms with E-state index in [0.717, 1.165) is 44.2 Å². The summed E-state index contributed by atoms with van der Waals surface area (Å²) in [7, 11) is 0. The van der Waals surface area contributed by atoms with Gasteiger partial charge in [0.1, 0.15) is 5.82 Å². The van der Waals surface area contributed by atoms with Crippen molar-refractivity contribution in [1.82, 2.24) is 9.97 Å². The summed E-state index contributed by atoms with van der Waals surface area (Å²) in [5.74, 6) is 1.73. The van der Waals surface area contributed by atoms with Gasteiger partial charge in [0.25, 0.3) is 0 Å². The van der Waals surface area contributed by atoms with E-state index in [1.165, 1.54) is 19.3 Å². The van der Waals surface area contributed by atoms with E-state index >= 15 is 0 Å². The summed E-state index contributed by atoms with van der Waals surface area (Å²) in [6.07, 6.45) is 8.18. The SMILES string of the molecule is O=C1CCCCN1c1ccnc(N2CCCCC2)n1. The number of hydrogen-bond donors (Lipinski definition) is 0. The number of hydrogen-bond acceptors (Lipinski definition) is 4. The van der Waals surface area contributed by atoms with Crippen LogP contribution in [-0.2, 0) is 4.79 Å². The average molecular weight is 260 g/mol. The lowest BCUT2D eigenvalue weighted by Gasteiger charge is -2.29. The Balaban J connectivity index is 1.80. The van der Waals surface area contributed by atoms with E-state index in [2.05, 4.69) is 14.9 Å². The van der Waals surface area contributed by atoms with Crippen LogP contribution in [0.1, 0.15) is 38.5 Å². The Hall–Kier alpha value is -1.65. The Morgan fingerprint density at radius 3 is 2.58 bits per heavy atom. The van der Waals surface area contributed by atoms with Crippen molar-refractivity contribution in [2.75, 3.05) is 29.4 Å². The summed E-state index contributed by atoms with van der Waals surface area (Å²) in [5, 5.41) is 0. The molecule has 2 aliphatic heterocycles. The number of amides is 1. The summed E-state index contributed by atoms with van der Waals surface area (Å²) >= 11 is 0. The monoisotopic (exact) mass is 260 g/mol. The lowest BCUT2D eigenvalue weighted by Crippen LogP contribution is -2.37. The number of nitrogens with zero attached hydrogens (tertiary/aromatic N) is 4. The van der Waals surface area contributed by atoms with E-state index in [4.69, 9.17) is 0 Å². The first-order chi connectivity index (χ1) is 9.34. The Kier molecular flexibility index (Phi) is 3.62. The van der Waals surface area contributed by atoms with Crippen molar-refractivity contribution in [3.63, 3.8) is 0 Å². The van der Waals surface area contributed by atoms with Crippen LogP contribution in [0, 0.1) is 0 Å². The highest BCUT2D eigenvalue weighted by molar-refractivity contribution is 5.93. The lowest BCUT2D eigenvalue weighted by atomic mass is 10.1. The van der Waals surface area contributed by atoms with Gasteiger partial charge in [-0.05, 0) is 38.2 Å². The molecule has 0 bridgehead atoms. The first-order valence-corrected chi connectivity index (χ1v) is 7.23. The molecule has 2 saturated heterocycles. The number of anilines is 2. The van der Waals surface area contributed by atoms with Gasteiger partial charge in [0, 0.05) is 32.3 Å². The molecule has 19 heavy (non-hydrogen) atoms. The third kappa shape index (κ3) is 2.69. The van der Waals surface area contributed by atoms with E-state index in [-0.39, 0.29) is 5.91 Å². The third-order valence-corrected chi connectivity index (χ3v) is 3.87. The molecule has 2 fully saturated rings. The molecule has 0 saturated carbocycles. The minimum Gasteiger partial charge on any atom is -0.341 e. The Morgan fingerprint density at radius 1 is 1.00 bits per heavy atom. The number of piperidine rings is 2. The molecule has 0 aromatic carbocycles. The van der Waals surface area contributed by atoms with E-state index in [1.807, 2.05) is 6.07 Å². The molecular formula is C14H20N4O. The predicted molar refractivity (Wildman–Crippen MR) is 74.3 cm³/mol. The molecule has 5 nitrogen and oxygen atoms in total. The standard InChI is InChI=1S/C14H20N4O/c19-13-6-2-5-11-18(13)12-7-8-15-14(16-12)17-9-3-1-4-10-17/h7-8H,1-6,9-11H2. The highest BCUT2D eigenvalue weighted by Gasteiger charge is 2.22. The molecule has 5 heteroatoms. The zero-order chi connectivity index (χ0) is 13.1. The van der Waals surface area contributed by atoms with Crippen LogP contribution in [0.25, 0.3) is 0 Å². The summed E-state index contributed by atoms with van der Waals surface area (Å²) in [6, 6.07) is 1.84. The van der Waals surface area contributed by atoms with Gasteiger partial charge in [-0.3, -0.25) is 9.69 Å². The predicted octanol–water partition coefficient (Wildman–Crippen LogP) is 1.98. The number of aromatic nitrogens is 2. The van der Waals surface area contributed by atoms with Gasteiger partial charge in [-0.15, -0.1) is 0 Å². The molecule has 0 atom stereocenters. The summed E-state index contributed by atoms with van der Waals surface area (Å²) in [6.45, 7) is 2.84. The van der Waals surface area contributed by atoms with Crippen LogP contribution in [0.2, 0.25) is 0 Å². The minimum atomic E-state index is 0.189. The van der Waals surface area contributed by atoms with Gasteiger partial charge in [-0.1, -0.05) is 0 Å². The normalized spacial score (nSPS) is 20.7. The zero-order valence-electron chi connectivity index (χ0n) is 11.2. The van der Waals surface area contributed by atoms with Crippen LogP contribution in [0.3, 0.4) is 0 Å². The fourth-order valence-corrected chi connectivity index (χ4v) is 2.78. The summed E-state index contributed by atoms with van der Waals surface area (Å²) in [5.41, 5.74) is 0. The molecule has 102 valence electrons. The minimum absolute atomic E-state index is 0.189. The van der Waals surface area contributed by atoms with Crippen molar-refractivity contribution in [2.24, 2.45) is 0 Å². The maximum atomic E-state index is 11.9. The van der Waals surface area contributed by atoms with Crippen LogP contribution in [0.5, 0.6) is 0 Å². The highest BCUT2D eigenvalue weighted by atomic mass is 16.2. The van der Waals surface area contributed by atoms with Gasteiger partial charge in [-0.2, -0.15) is 4.98 Å². The Labute approximate surface area is 113 Å². The molecule has 2 aliphatic rings. The summed E-state index contributed by atoms with van der Waals surface area (Å²) in [4.78, 5) is 24.9. The Bertz CT molecular complexity index is 457. The lowest BCUT2D eigenvalue weighted by molar-refractivity contribution is -0.119. The molecule has 1 aromatic heterocycles. The van der Waals surface area contributed by atoms with Crippen molar-refractivity contribution in [3.8, 4) is 0 Å². The van der Waals surface area contributed by atoms with E-state index in [9.17, 15) is 4.79 Å². The molecular weight excluding hydrogens is 240 g/mol. The fraction of sp³-hybridized carbons (Fsp3) is 0.643. The van der Waals surface area contributed by atoms with E-state index in [0.29, 0.717) is 6.42 Å². The highest BCUT2D eigenvalue weighted by Crippen LogP contribution is 2.22. The molecule has 0 spiro atoms. The molecule has 0 unspecified atom stereocenters. The van der Waals surface area contributed by atoms with Gasteiger partial charge in [0.2, 0.25) is 11.9 Å². The smallest absolute Gasteiger partial charge is 0.228 e. The zero-order valence-corrected chi connectivity index (χ0v) is 11.2. The quantitative estimate of drug-likeness (QED) is 0.816. The first-order valence-electron chi connectivity index (χ1n) is 7.23. The first kappa shape index (κ1) is 12.4. The van der Waals surface area contributed by atoms with E-state index < -0.39 is 0 Å². The van der Waals surface area contributed by atoms with Crippen molar-refractivity contribution in [1.29, 1.82) is 0 Å². The van der Waals surface area contributed by atoms with Crippen LogP contribution < -0.4 is 9.80 Å². The van der Waals surface area contributed by atoms with Gasteiger partial charge in [0.05, 0.1) is 0 Å². The second-order valence-electron chi connectivity index (χ2n) is 5.27. The van der Waals surface area contributed by atoms with Crippen LogP contribution in [0.15, 0.2) is 12.3 Å². The van der Waals surface area contributed by atoms with Gasteiger partial charge >= 0.3 is 0 Å². The van der Waals surface area contributed by atoms with Crippen molar-refractivity contribution in [2.45, 2.75) is 38.5 Å². The van der Waals surface area contributed by atoms with Crippen molar-refractivity contribution >= 4 is 17.7 Å². The molecule has 1 aromatic rings. The van der Waals surface area contributed by atoms with Crippen molar-refractivity contribution in [3.05, 3.63) is 12.3 Å². The fourth-order valence-electron chi connectivity index (χ4n) is 2.78. The molecule has 0 N–H and O–H groups in total. The number of carbonyl (C=O) groups is 1. The average Bonchev–Trinajstić information content (AvgIpc) is 2.49. The summed E-state index contributed by atoms with van der Waals surface area (Å²) < 4.78 is 0.